The third kappa shape index (κ3) is 1.94. The van der Waals surface area contributed by atoms with Gasteiger partial charge in [-0.3, -0.25) is 0 Å². The van der Waals surface area contributed by atoms with Gasteiger partial charge in [-0.1, -0.05) is 0 Å². The highest BCUT2D eigenvalue weighted by Gasteiger charge is 2.16. The minimum absolute atomic E-state index is 0.177. The predicted octanol–water partition coefficient (Wildman–Crippen LogP) is 1.29. The van der Waals surface area contributed by atoms with E-state index in [0.717, 1.165) is 16.3 Å². The molecule has 9 heteroatoms. The summed E-state index contributed by atoms with van der Waals surface area (Å²) in [6.45, 7) is 0. The van der Waals surface area contributed by atoms with Crippen molar-refractivity contribution in [2.45, 2.75) is 0 Å². The fraction of sp³-hybridized carbons (Fsp3) is 0.143. The summed E-state index contributed by atoms with van der Waals surface area (Å²) in [5, 5.41) is 5.81. The van der Waals surface area contributed by atoms with E-state index in [0.29, 0.717) is 23.0 Å². The van der Waals surface area contributed by atoms with Crippen LogP contribution in [0.5, 0.6) is 11.5 Å². The van der Waals surface area contributed by atoms with Crippen LogP contribution in [0.1, 0.15) is 0 Å². The number of H-pyrrole nitrogens is 1. The number of hydrogen-bond donors (Lipinski definition) is 2. The van der Waals surface area contributed by atoms with Gasteiger partial charge < -0.3 is 20.2 Å². The summed E-state index contributed by atoms with van der Waals surface area (Å²) in [4.78, 5) is 15.8. The number of fused-ring (bicyclic) bond motifs is 3. The highest BCUT2D eigenvalue weighted by atomic mass is 16.5. The molecule has 0 radical (unpaired) electrons. The number of benzene rings is 1. The lowest BCUT2D eigenvalue weighted by Crippen LogP contribution is -2.00. The third-order valence-electron chi connectivity index (χ3n) is 3.60. The lowest BCUT2D eigenvalue weighted by Gasteiger charge is -2.07. The molecule has 4 aromatic rings. The molecule has 0 atom stereocenters. The average molecular weight is 311 g/mol. The van der Waals surface area contributed by atoms with E-state index < -0.39 is 0 Å². The number of aromatic amines is 1. The molecule has 0 spiro atoms. The lowest BCUT2D eigenvalue weighted by atomic mass is 10.2. The van der Waals surface area contributed by atoms with E-state index in [1.165, 1.54) is 17.3 Å². The Balaban J connectivity index is 2.09. The Hall–Kier alpha value is -3.36. The average Bonchev–Trinajstić information content (AvgIpc) is 3.16. The first-order valence-electron chi connectivity index (χ1n) is 6.77. The molecule has 0 amide bonds. The number of rotatable bonds is 3. The molecule has 0 unspecified atom stereocenters. The minimum atomic E-state index is 0.177. The Morgan fingerprint density at radius 1 is 1.09 bits per heavy atom. The fourth-order valence-corrected chi connectivity index (χ4v) is 2.59. The highest BCUT2D eigenvalue weighted by Crippen LogP contribution is 2.36. The number of nitrogen functional groups attached to an aromatic ring is 1. The van der Waals surface area contributed by atoms with Gasteiger partial charge >= 0.3 is 0 Å². The van der Waals surface area contributed by atoms with Crippen molar-refractivity contribution in [3.05, 3.63) is 24.8 Å². The highest BCUT2D eigenvalue weighted by molar-refractivity contribution is 6.10. The zero-order valence-electron chi connectivity index (χ0n) is 12.4. The number of ether oxygens (including phenoxy) is 2. The second kappa shape index (κ2) is 4.83. The largest absolute Gasteiger partial charge is 0.493 e. The van der Waals surface area contributed by atoms with Crippen LogP contribution in [0.15, 0.2) is 24.8 Å². The van der Waals surface area contributed by atoms with Crippen molar-refractivity contribution in [1.82, 2.24) is 29.7 Å². The first-order chi connectivity index (χ1) is 11.2. The zero-order chi connectivity index (χ0) is 16.0. The van der Waals surface area contributed by atoms with Crippen LogP contribution in [-0.4, -0.2) is 43.9 Å². The van der Waals surface area contributed by atoms with Gasteiger partial charge in [0.2, 0.25) is 5.95 Å². The van der Waals surface area contributed by atoms with Crippen LogP contribution in [0.4, 0.5) is 5.95 Å². The van der Waals surface area contributed by atoms with Gasteiger partial charge in [-0.15, -0.1) is 5.10 Å². The SMILES string of the molecule is COc1cc2[nH]c3ncnc(-n4cnc(N)n4)c3c2cc1OC. The normalized spacial score (nSPS) is 11.2. The van der Waals surface area contributed by atoms with Crippen molar-refractivity contribution in [1.29, 1.82) is 0 Å². The van der Waals surface area contributed by atoms with E-state index in [4.69, 9.17) is 15.2 Å². The number of anilines is 1. The van der Waals surface area contributed by atoms with E-state index >= 15 is 0 Å². The Morgan fingerprint density at radius 3 is 2.57 bits per heavy atom. The summed E-state index contributed by atoms with van der Waals surface area (Å²) in [6.07, 6.45) is 2.97. The topological polar surface area (TPSA) is 117 Å². The second-order valence-electron chi connectivity index (χ2n) is 4.85. The van der Waals surface area contributed by atoms with E-state index in [2.05, 4.69) is 25.0 Å². The first-order valence-corrected chi connectivity index (χ1v) is 6.77. The summed E-state index contributed by atoms with van der Waals surface area (Å²) >= 11 is 0. The number of methoxy groups -OCH3 is 2. The Kier molecular flexibility index (Phi) is 2.80. The predicted molar refractivity (Wildman–Crippen MR) is 83.8 cm³/mol. The van der Waals surface area contributed by atoms with Crippen LogP contribution in [-0.2, 0) is 0 Å². The van der Waals surface area contributed by atoms with Crippen LogP contribution in [0, 0.1) is 0 Å². The van der Waals surface area contributed by atoms with Crippen LogP contribution >= 0.6 is 0 Å². The molecule has 116 valence electrons. The number of nitrogens with zero attached hydrogens (tertiary/aromatic N) is 5. The van der Waals surface area contributed by atoms with E-state index in [9.17, 15) is 0 Å². The second-order valence-corrected chi connectivity index (χ2v) is 4.85. The smallest absolute Gasteiger partial charge is 0.239 e. The maximum atomic E-state index is 5.60. The Morgan fingerprint density at radius 2 is 1.87 bits per heavy atom. The van der Waals surface area contributed by atoms with Crippen LogP contribution in [0.2, 0.25) is 0 Å². The van der Waals surface area contributed by atoms with Gasteiger partial charge in [-0.2, -0.15) is 4.68 Å². The minimum Gasteiger partial charge on any atom is -0.493 e. The number of nitrogens with one attached hydrogen (secondary N) is 1. The fourth-order valence-electron chi connectivity index (χ4n) is 2.59. The lowest BCUT2D eigenvalue weighted by molar-refractivity contribution is 0.356. The quantitative estimate of drug-likeness (QED) is 0.585. The third-order valence-corrected chi connectivity index (χ3v) is 3.60. The molecular weight excluding hydrogens is 298 g/mol. The molecule has 4 rings (SSSR count). The van der Waals surface area contributed by atoms with Crippen molar-refractivity contribution < 1.29 is 9.47 Å². The Bertz CT molecular complexity index is 1020. The maximum Gasteiger partial charge on any atom is 0.239 e. The molecule has 9 nitrogen and oxygen atoms in total. The number of hydrogen-bond acceptors (Lipinski definition) is 7. The van der Waals surface area contributed by atoms with E-state index in [1.54, 1.807) is 14.2 Å². The van der Waals surface area contributed by atoms with Crippen LogP contribution < -0.4 is 15.2 Å². The molecule has 3 aromatic heterocycles. The molecule has 3 N–H and O–H groups in total. The molecule has 0 saturated carbocycles. The van der Waals surface area contributed by atoms with Crippen LogP contribution in [0.3, 0.4) is 0 Å². The summed E-state index contributed by atoms with van der Waals surface area (Å²) < 4.78 is 12.2. The Labute approximate surface area is 130 Å². The van der Waals surface area contributed by atoms with Crippen molar-refractivity contribution in [2.24, 2.45) is 0 Å². The molecule has 23 heavy (non-hydrogen) atoms. The van der Waals surface area contributed by atoms with Gasteiger partial charge in [0.15, 0.2) is 17.3 Å². The molecule has 0 aliphatic rings. The van der Waals surface area contributed by atoms with Crippen molar-refractivity contribution >= 4 is 27.9 Å². The van der Waals surface area contributed by atoms with E-state index in [1.807, 2.05) is 12.1 Å². The van der Waals surface area contributed by atoms with Gasteiger partial charge in [0.05, 0.1) is 25.1 Å². The number of nitrogens with two attached hydrogens (primary N) is 1. The molecule has 0 saturated heterocycles. The molecule has 3 heterocycles. The van der Waals surface area contributed by atoms with Gasteiger partial charge in [-0.25, -0.2) is 15.0 Å². The van der Waals surface area contributed by atoms with Crippen molar-refractivity contribution in [3.8, 4) is 17.3 Å². The summed E-state index contributed by atoms with van der Waals surface area (Å²) in [7, 11) is 3.18. The molecule has 0 aliphatic carbocycles. The van der Waals surface area contributed by atoms with Gasteiger partial charge in [-0.05, 0) is 6.07 Å². The van der Waals surface area contributed by atoms with Crippen molar-refractivity contribution in [2.75, 3.05) is 20.0 Å². The molecule has 0 bridgehead atoms. The summed E-state index contributed by atoms with van der Waals surface area (Å²) in [6, 6.07) is 3.73. The van der Waals surface area contributed by atoms with Crippen molar-refractivity contribution in [3.63, 3.8) is 0 Å². The molecule has 0 fully saturated rings. The molecule has 1 aromatic carbocycles. The maximum absolute atomic E-state index is 5.60. The summed E-state index contributed by atoms with van der Waals surface area (Å²) in [5.41, 5.74) is 7.13. The van der Waals surface area contributed by atoms with E-state index in [-0.39, 0.29) is 5.95 Å². The zero-order valence-corrected chi connectivity index (χ0v) is 12.4. The first kappa shape index (κ1) is 13.3. The van der Waals surface area contributed by atoms with Gasteiger partial charge in [0.25, 0.3) is 0 Å². The summed E-state index contributed by atoms with van der Waals surface area (Å²) in [5.74, 6) is 2.01. The van der Waals surface area contributed by atoms with Gasteiger partial charge in [0.1, 0.15) is 18.3 Å². The monoisotopic (exact) mass is 311 g/mol. The van der Waals surface area contributed by atoms with Gasteiger partial charge in [0, 0.05) is 11.5 Å². The van der Waals surface area contributed by atoms with Crippen LogP contribution in [0.25, 0.3) is 27.8 Å². The standard InChI is InChI=1S/C14H13N7O2/c1-22-9-3-7-8(4-10(9)23-2)19-12-11(7)13(17-5-16-12)21-6-18-14(15)20-21/h3-6H,1-2H3,(H2,15,20)(H,16,17,19). The molecular formula is C14H13N7O2. The number of aromatic nitrogens is 6. The molecule has 0 aliphatic heterocycles.